The van der Waals surface area contributed by atoms with Gasteiger partial charge in [-0.25, -0.2) is 0 Å². The summed E-state index contributed by atoms with van der Waals surface area (Å²) in [5.41, 5.74) is 4.93. The number of carbonyl (C=O) groups excluding carboxylic acids is 1. The lowest BCUT2D eigenvalue weighted by Gasteiger charge is -2.37. The quantitative estimate of drug-likeness (QED) is 0.293. The molecule has 1 N–H and O–H groups in total. The van der Waals surface area contributed by atoms with Gasteiger partial charge in [-0.15, -0.1) is 0 Å². The Bertz CT molecular complexity index is 1130. The highest BCUT2D eigenvalue weighted by Crippen LogP contribution is 2.23. The number of nitrogens with zero attached hydrogens (tertiary/aromatic N) is 4. The van der Waals surface area contributed by atoms with Crippen LogP contribution in [0.1, 0.15) is 6.92 Å². The summed E-state index contributed by atoms with van der Waals surface area (Å²) < 4.78 is 0. The number of ketones is 1. The maximum Gasteiger partial charge on any atom is 0.269 e. The Hall–Kier alpha value is -3.94. The highest BCUT2D eigenvalue weighted by Gasteiger charge is 2.23. The fraction of sp³-hybridized carbons (Fsp3) is 0.217. The van der Waals surface area contributed by atoms with Gasteiger partial charge in [0.25, 0.3) is 5.69 Å². The van der Waals surface area contributed by atoms with E-state index in [0.29, 0.717) is 32.0 Å². The summed E-state index contributed by atoms with van der Waals surface area (Å²) in [4.78, 5) is 26.9. The number of nitro benzene ring substituents is 1. The zero-order valence-corrected chi connectivity index (χ0v) is 17.2. The fourth-order valence-corrected chi connectivity index (χ4v) is 3.77. The van der Waals surface area contributed by atoms with Crippen LogP contribution in [0.3, 0.4) is 0 Å². The lowest BCUT2D eigenvalue weighted by Crippen LogP contribution is -2.50. The van der Waals surface area contributed by atoms with Gasteiger partial charge in [-0.2, -0.15) is 5.10 Å². The molecule has 0 bridgehead atoms. The minimum Gasteiger partial charge on any atom is -0.368 e. The van der Waals surface area contributed by atoms with Crippen molar-refractivity contribution in [2.24, 2.45) is 5.10 Å². The molecule has 8 heteroatoms. The number of fused-ring (bicyclic) bond motifs is 1. The predicted molar refractivity (Wildman–Crippen MR) is 123 cm³/mol. The number of hydrogen-bond acceptors (Lipinski definition) is 6. The maximum atomic E-state index is 12.3. The van der Waals surface area contributed by atoms with E-state index in [-0.39, 0.29) is 11.5 Å². The highest BCUT2D eigenvalue weighted by atomic mass is 16.6. The molecule has 0 amide bonds. The normalized spacial score (nSPS) is 14.5. The Balaban J connectivity index is 1.46. The van der Waals surface area contributed by atoms with E-state index in [1.807, 2.05) is 47.4 Å². The topological polar surface area (TPSA) is 91.1 Å². The van der Waals surface area contributed by atoms with Crippen molar-refractivity contribution in [3.63, 3.8) is 0 Å². The van der Waals surface area contributed by atoms with Crippen LogP contribution in [0.2, 0.25) is 0 Å². The Morgan fingerprint density at radius 3 is 2.32 bits per heavy atom. The second kappa shape index (κ2) is 8.83. The Labute approximate surface area is 179 Å². The van der Waals surface area contributed by atoms with Gasteiger partial charge in [0.2, 0.25) is 0 Å². The van der Waals surface area contributed by atoms with Crippen molar-refractivity contribution in [3.05, 3.63) is 76.8 Å². The standard InChI is InChI=1S/C23H23N5O3/c1-17(29)23(25-24-22-8-4-6-18-5-2-3-7-21(18)22)27-15-13-26(14-16-27)19-9-11-20(12-10-19)28(30)31/h2-12,24H,13-16H2,1H3/b25-23+. The van der Waals surface area contributed by atoms with E-state index < -0.39 is 4.92 Å². The van der Waals surface area contributed by atoms with Gasteiger partial charge in [-0.05, 0) is 23.6 Å². The molecule has 0 unspecified atom stereocenters. The first-order chi connectivity index (χ1) is 15.0. The summed E-state index contributed by atoms with van der Waals surface area (Å²) >= 11 is 0. The molecular formula is C23H23N5O3. The van der Waals surface area contributed by atoms with Crippen molar-refractivity contribution in [3.8, 4) is 0 Å². The summed E-state index contributed by atoms with van der Waals surface area (Å²) in [6, 6.07) is 20.5. The summed E-state index contributed by atoms with van der Waals surface area (Å²) in [6.45, 7) is 4.17. The van der Waals surface area contributed by atoms with Gasteiger partial charge in [-0.1, -0.05) is 36.4 Å². The molecule has 1 heterocycles. The van der Waals surface area contributed by atoms with E-state index in [1.54, 1.807) is 12.1 Å². The van der Waals surface area contributed by atoms with Crippen molar-refractivity contribution in [2.75, 3.05) is 36.5 Å². The third kappa shape index (κ3) is 4.48. The lowest BCUT2D eigenvalue weighted by atomic mass is 10.1. The first-order valence-electron chi connectivity index (χ1n) is 10.1. The number of nitrogens with one attached hydrogen (secondary N) is 1. The molecule has 0 aliphatic carbocycles. The zero-order valence-electron chi connectivity index (χ0n) is 17.2. The van der Waals surface area contributed by atoms with Crippen LogP contribution in [0.25, 0.3) is 10.8 Å². The molecule has 1 fully saturated rings. The van der Waals surface area contributed by atoms with Gasteiger partial charge in [-0.3, -0.25) is 20.3 Å². The third-order valence-corrected chi connectivity index (χ3v) is 5.39. The van der Waals surface area contributed by atoms with E-state index in [1.165, 1.54) is 19.1 Å². The van der Waals surface area contributed by atoms with Gasteiger partial charge in [0, 0.05) is 56.3 Å². The smallest absolute Gasteiger partial charge is 0.269 e. The Morgan fingerprint density at radius 1 is 0.968 bits per heavy atom. The maximum absolute atomic E-state index is 12.3. The number of non-ortho nitro benzene ring substituents is 1. The van der Waals surface area contributed by atoms with Crippen molar-refractivity contribution in [1.29, 1.82) is 0 Å². The van der Waals surface area contributed by atoms with E-state index in [4.69, 9.17) is 0 Å². The molecule has 1 aliphatic rings. The van der Waals surface area contributed by atoms with Crippen LogP contribution in [0.15, 0.2) is 71.8 Å². The molecule has 8 nitrogen and oxygen atoms in total. The van der Waals surface area contributed by atoms with Crippen LogP contribution in [0.4, 0.5) is 17.1 Å². The Kier molecular flexibility index (Phi) is 5.79. The van der Waals surface area contributed by atoms with Crippen molar-refractivity contribution >= 4 is 39.5 Å². The molecule has 0 aromatic heterocycles. The van der Waals surface area contributed by atoms with Crippen LogP contribution in [-0.2, 0) is 4.79 Å². The molecule has 1 aliphatic heterocycles. The molecule has 4 rings (SSSR count). The first kappa shape index (κ1) is 20.3. The van der Waals surface area contributed by atoms with Crippen LogP contribution < -0.4 is 10.3 Å². The first-order valence-corrected chi connectivity index (χ1v) is 10.1. The van der Waals surface area contributed by atoms with Crippen molar-refractivity contribution in [1.82, 2.24) is 4.90 Å². The van der Waals surface area contributed by atoms with Gasteiger partial charge in [0.15, 0.2) is 11.6 Å². The molecule has 0 radical (unpaired) electrons. The number of anilines is 2. The molecule has 1 saturated heterocycles. The van der Waals surface area contributed by atoms with E-state index in [9.17, 15) is 14.9 Å². The average Bonchev–Trinajstić information content (AvgIpc) is 2.79. The predicted octanol–water partition coefficient (Wildman–Crippen LogP) is 3.88. The number of carbonyl (C=O) groups is 1. The van der Waals surface area contributed by atoms with Crippen LogP contribution in [0, 0.1) is 10.1 Å². The number of benzene rings is 3. The SMILES string of the molecule is CC(=O)/C(=N\Nc1cccc2ccccc12)N1CCN(c2ccc([N+](=O)[O-])cc2)CC1. The summed E-state index contributed by atoms with van der Waals surface area (Å²) in [5.74, 6) is 0.299. The van der Waals surface area contributed by atoms with Crippen molar-refractivity contribution < 1.29 is 9.72 Å². The molecule has 3 aromatic carbocycles. The monoisotopic (exact) mass is 417 g/mol. The molecule has 31 heavy (non-hydrogen) atoms. The van der Waals surface area contributed by atoms with Gasteiger partial charge < -0.3 is 9.80 Å². The Morgan fingerprint density at radius 2 is 1.65 bits per heavy atom. The number of hydrogen-bond donors (Lipinski definition) is 1. The number of hydrazone groups is 1. The molecular weight excluding hydrogens is 394 g/mol. The summed E-state index contributed by atoms with van der Waals surface area (Å²) in [7, 11) is 0. The van der Waals surface area contributed by atoms with E-state index >= 15 is 0 Å². The lowest BCUT2D eigenvalue weighted by molar-refractivity contribution is -0.384. The largest absolute Gasteiger partial charge is 0.368 e. The molecule has 3 aromatic rings. The molecule has 0 spiro atoms. The van der Waals surface area contributed by atoms with E-state index in [0.717, 1.165) is 22.1 Å². The van der Waals surface area contributed by atoms with Crippen LogP contribution in [-0.4, -0.2) is 47.6 Å². The van der Waals surface area contributed by atoms with Crippen molar-refractivity contribution in [2.45, 2.75) is 6.92 Å². The number of amidine groups is 1. The van der Waals surface area contributed by atoms with Gasteiger partial charge in [0.1, 0.15) is 0 Å². The summed E-state index contributed by atoms with van der Waals surface area (Å²) in [6.07, 6.45) is 0. The number of Topliss-reactive ketones (excluding diaryl/α,β-unsaturated/α-hetero) is 1. The minimum absolute atomic E-state index is 0.0768. The number of nitro groups is 1. The molecule has 0 saturated carbocycles. The average molecular weight is 417 g/mol. The van der Waals surface area contributed by atoms with Gasteiger partial charge in [0.05, 0.1) is 10.6 Å². The summed E-state index contributed by atoms with van der Waals surface area (Å²) in [5, 5.41) is 17.4. The highest BCUT2D eigenvalue weighted by molar-refractivity contribution is 6.38. The fourth-order valence-electron chi connectivity index (χ4n) is 3.77. The second-order valence-corrected chi connectivity index (χ2v) is 7.38. The van der Waals surface area contributed by atoms with Crippen LogP contribution in [0.5, 0.6) is 0 Å². The minimum atomic E-state index is -0.403. The molecule has 158 valence electrons. The number of piperazine rings is 1. The third-order valence-electron chi connectivity index (χ3n) is 5.39. The molecule has 0 atom stereocenters. The van der Waals surface area contributed by atoms with E-state index in [2.05, 4.69) is 15.4 Å². The second-order valence-electron chi connectivity index (χ2n) is 7.38. The van der Waals surface area contributed by atoms with Gasteiger partial charge >= 0.3 is 0 Å². The number of rotatable bonds is 5. The van der Waals surface area contributed by atoms with Crippen LogP contribution >= 0.6 is 0 Å². The zero-order chi connectivity index (χ0) is 21.8.